The van der Waals surface area contributed by atoms with Gasteiger partial charge < -0.3 is 50.4 Å². The van der Waals surface area contributed by atoms with Gasteiger partial charge >= 0.3 is 27.7 Å². The largest absolute Gasteiger partial charge is 2.00 e. The maximum Gasteiger partial charge on any atom is 2.00 e. The molecular formula is C54H50BF4IN2P2PdS. The summed E-state index contributed by atoms with van der Waals surface area (Å²) < 4.78 is 43.0. The fourth-order valence-corrected chi connectivity index (χ4v) is 11.7. The normalized spacial score (nSPS) is 10.1. The molecule has 9 aromatic rings. The van der Waals surface area contributed by atoms with E-state index in [0.29, 0.717) is 0 Å². The summed E-state index contributed by atoms with van der Waals surface area (Å²) in [6.07, 6.45) is 5.24. The topological polar surface area (TPSA) is 8.81 Å². The van der Waals surface area contributed by atoms with Crippen molar-refractivity contribution < 1.29 is 66.2 Å². The van der Waals surface area contributed by atoms with Crippen LogP contribution in [0.1, 0.15) is 5.56 Å². The number of imidazole rings is 1. The first kappa shape index (κ1) is 55.7. The fraction of sp³-hybridized carbons (Fsp3) is 0.0556. The second-order valence-corrected chi connectivity index (χ2v) is 19.5. The summed E-state index contributed by atoms with van der Waals surface area (Å²) in [4.78, 5) is 1.24. The van der Waals surface area contributed by atoms with E-state index in [9.17, 15) is 17.3 Å². The minimum atomic E-state index is -6.00. The molecular weight excluding hydrogens is 1090 g/mol. The minimum Gasteiger partial charge on any atom is -1.00 e. The molecule has 0 radical (unpaired) electrons. The van der Waals surface area contributed by atoms with Crippen LogP contribution < -0.4 is 60.4 Å². The quantitative estimate of drug-likeness (QED) is 0.0369. The van der Waals surface area contributed by atoms with Crippen molar-refractivity contribution in [1.29, 1.82) is 0 Å². The summed E-state index contributed by atoms with van der Waals surface area (Å²) in [6.45, 7) is 2.08. The Balaban J connectivity index is 0.000000232. The van der Waals surface area contributed by atoms with Gasteiger partial charge in [0.25, 0.3) is 0 Å². The zero-order chi connectivity index (χ0) is 45.4. The molecule has 0 atom stereocenters. The van der Waals surface area contributed by atoms with Crippen molar-refractivity contribution in [2.45, 2.75) is 16.8 Å². The zero-order valence-corrected chi connectivity index (χ0v) is 43.0. The van der Waals surface area contributed by atoms with Gasteiger partial charge in [-0.1, -0.05) is 248 Å². The average molecular weight is 1140 g/mol. The monoisotopic (exact) mass is 1140 g/mol. The summed E-state index contributed by atoms with van der Waals surface area (Å²) >= 11 is 1.72. The van der Waals surface area contributed by atoms with E-state index in [1.807, 2.05) is 61.4 Å². The molecule has 0 saturated heterocycles. The van der Waals surface area contributed by atoms with E-state index in [1.54, 1.807) is 11.8 Å². The Bertz CT molecular complexity index is 2300. The van der Waals surface area contributed by atoms with Gasteiger partial charge in [0.05, 0.1) is 18.4 Å². The van der Waals surface area contributed by atoms with Gasteiger partial charge in [-0.05, 0) is 72.9 Å². The first-order chi connectivity index (χ1) is 31.0. The van der Waals surface area contributed by atoms with Crippen molar-refractivity contribution in [3.8, 4) is 0 Å². The van der Waals surface area contributed by atoms with Crippen molar-refractivity contribution in [1.82, 2.24) is 4.57 Å². The van der Waals surface area contributed by atoms with Crippen molar-refractivity contribution in [3.05, 3.63) is 261 Å². The van der Waals surface area contributed by atoms with E-state index in [4.69, 9.17) is 0 Å². The molecule has 0 fully saturated rings. The maximum absolute atomic E-state index is 9.75. The van der Waals surface area contributed by atoms with Crippen LogP contribution in [-0.4, -0.2) is 11.8 Å². The first-order valence-corrected chi connectivity index (χ1v) is 24.0. The molecule has 340 valence electrons. The summed E-state index contributed by atoms with van der Waals surface area (Å²) in [6, 6.07) is 85.2. The van der Waals surface area contributed by atoms with Crippen LogP contribution in [0.3, 0.4) is 0 Å². The predicted octanol–water partition coefficient (Wildman–Crippen LogP) is 8.99. The third-order valence-corrected chi connectivity index (χ3v) is 14.9. The Labute approximate surface area is 425 Å². The van der Waals surface area contributed by atoms with Gasteiger partial charge in [0.1, 0.15) is 0 Å². The molecule has 0 spiro atoms. The molecule has 0 unspecified atom stereocenters. The third-order valence-electron chi connectivity index (χ3n) is 8.92. The smallest absolute Gasteiger partial charge is 1.00 e. The van der Waals surface area contributed by atoms with Crippen LogP contribution in [0.2, 0.25) is 0 Å². The second-order valence-electron chi connectivity index (χ2n) is 14.0. The number of nitrogens with zero attached hydrogens (tertiary/aromatic N) is 2. The van der Waals surface area contributed by atoms with Gasteiger partial charge in [-0.15, -0.1) is 0 Å². The van der Waals surface area contributed by atoms with Gasteiger partial charge in [-0.25, -0.2) is 0 Å². The van der Waals surface area contributed by atoms with Crippen LogP contribution in [0.15, 0.2) is 259 Å². The summed E-state index contributed by atoms with van der Waals surface area (Å²) in [5.74, 6) is 0. The Morgan fingerprint density at radius 1 is 0.439 bits per heavy atom. The zero-order valence-electron chi connectivity index (χ0n) is 36.7. The van der Waals surface area contributed by atoms with Crippen LogP contribution in [-0.2, 0) is 34.5 Å². The molecule has 0 amide bonds. The second kappa shape index (κ2) is 30.6. The number of aryl methyl sites for hydroxylation is 3. The van der Waals surface area contributed by atoms with Crippen molar-refractivity contribution in [2.75, 3.05) is 0 Å². The molecule has 0 aliphatic carbocycles. The van der Waals surface area contributed by atoms with E-state index in [0.717, 1.165) is 5.03 Å². The molecule has 66 heavy (non-hydrogen) atoms. The van der Waals surface area contributed by atoms with E-state index in [1.165, 1.54) is 42.3 Å². The van der Waals surface area contributed by atoms with Crippen LogP contribution >= 0.6 is 27.6 Å². The van der Waals surface area contributed by atoms with Crippen molar-refractivity contribution in [2.24, 2.45) is 14.1 Å². The molecule has 0 saturated carbocycles. The van der Waals surface area contributed by atoms with Crippen molar-refractivity contribution in [3.63, 3.8) is 0 Å². The molecule has 0 aliphatic heterocycles. The molecule has 2 nitrogen and oxygen atoms in total. The van der Waals surface area contributed by atoms with E-state index in [-0.39, 0.29) is 44.4 Å². The van der Waals surface area contributed by atoms with Crippen LogP contribution in [0.4, 0.5) is 17.3 Å². The standard InChI is InChI=1S/2C18H15P.C11H12N2S.C7H8.BF4.HI.Pd/c2*1-4-10-16(11-5-1)19(17-12-6-2-7-13-17)18-14-8-3-9-15-18;1-12-8-11(13(2)9-12)14-10-6-4-3-5-7-10;1-7-5-3-2-4-6-7;2-1(3,4)5;;/h2*1-15H;3-7,9H,1-2H3;2-6H,1H3;;1H;/q;;;;-1;;+2/p-1. The number of hydrogen-bond donors (Lipinski definition) is 0. The van der Waals surface area contributed by atoms with E-state index in [2.05, 4.69) is 224 Å². The number of benzene rings is 8. The summed E-state index contributed by atoms with van der Waals surface area (Å²) in [7, 11) is -2.88. The Morgan fingerprint density at radius 2 is 0.667 bits per heavy atom. The Morgan fingerprint density at radius 3 is 0.864 bits per heavy atom. The van der Waals surface area contributed by atoms with Gasteiger partial charge in [0, 0.05) is 11.9 Å². The van der Waals surface area contributed by atoms with Gasteiger partial charge in [-0.3, -0.25) is 0 Å². The van der Waals surface area contributed by atoms with E-state index < -0.39 is 23.1 Å². The molecule has 8 aromatic carbocycles. The Hall–Kier alpha value is -4.64. The molecule has 9 rings (SSSR count). The number of halogens is 5. The number of rotatable bonds is 8. The molecule has 1 heterocycles. The number of aromatic nitrogens is 2. The predicted molar refractivity (Wildman–Crippen MR) is 268 cm³/mol. The first-order valence-electron chi connectivity index (χ1n) is 20.5. The molecule has 0 aliphatic rings. The molecule has 0 bridgehead atoms. The summed E-state index contributed by atoms with van der Waals surface area (Å²) in [5.41, 5.74) is 1.32. The van der Waals surface area contributed by atoms with Crippen molar-refractivity contribution >= 4 is 66.7 Å². The minimum absolute atomic E-state index is 0. The van der Waals surface area contributed by atoms with E-state index >= 15 is 0 Å². The average Bonchev–Trinajstić information content (AvgIpc) is 3.64. The molecule has 1 aromatic heterocycles. The fourth-order valence-electron chi connectivity index (χ4n) is 6.16. The maximum atomic E-state index is 9.75. The summed E-state index contributed by atoms with van der Waals surface area (Å²) in [5, 5.41) is 9.51. The SMILES string of the molecule is Cc1ccccc1.Cn1c[n+](C)[c-]c1Sc1ccccc1.F[B-](F)(F)F.[I-].[Pd+2].c1ccc(P(c2ccccc2)c2ccccc2)cc1.c1ccc(P(c2ccccc2)c2ccccc2)cc1. The van der Waals surface area contributed by atoms with Gasteiger partial charge in [0.15, 0.2) is 0 Å². The van der Waals surface area contributed by atoms with Crippen LogP contribution in [0.25, 0.3) is 0 Å². The number of hydrogen-bond acceptors (Lipinski definition) is 1. The molecule has 0 N–H and O–H groups in total. The van der Waals surface area contributed by atoms with Crippen LogP contribution in [0, 0.1) is 13.1 Å². The van der Waals surface area contributed by atoms with Gasteiger partial charge in [0.2, 0.25) is 0 Å². The molecule has 12 heteroatoms. The van der Waals surface area contributed by atoms with Gasteiger partial charge in [-0.2, -0.15) is 0 Å². The van der Waals surface area contributed by atoms with Crippen LogP contribution in [0.5, 0.6) is 0 Å². The Kier molecular flexibility index (Phi) is 25.8. The third kappa shape index (κ3) is 20.5.